The summed E-state index contributed by atoms with van der Waals surface area (Å²) in [4.78, 5) is 4.59. The molecular formula is C14H15N5S. The predicted molar refractivity (Wildman–Crippen MR) is 78.7 cm³/mol. The van der Waals surface area contributed by atoms with Gasteiger partial charge in [0, 0.05) is 24.0 Å². The van der Waals surface area contributed by atoms with Crippen molar-refractivity contribution in [3.05, 3.63) is 47.3 Å². The van der Waals surface area contributed by atoms with E-state index in [9.17, 15) is 0 Å². The predicted octanol–water partition coefficient (Wildman–Crippen LogP) is 2.35. The van der Waals surface area contributed by atoms with Crippen molar-refractivity contribution in [3.8, 4) is 0 Å². The molecule has 0 bridgehead atoms. The lowest BCUT2D eigenvalue weighted by Gasteiger charge is -2.10. The Morgan fingerprint density at radius 1 is 1.25 bits per heavy atom. The summed E-state index contributed by atoms with van der Waals surface area (Å²) in [6.07, 6.45) is 1.95. The molecule has 0 saturated carbocycles. The highest BCUT2D eigenvalue weighted by Gasteiger charge is 2.13. The molecule has 0 saturated heterocycles. The van der Waals surface area contributed by atoms with Crippen LogP contribution >= 0.6 is 11.8 Å². The Morgan fingerprint density at radius 2 is 2.10 bits per heavy atom. The summed E-state index contributed by atoms with van der Waals surface area (Å²) in [6, 6.07) is 7.88. The first-order valence-corrected chi connectivity index (χ1v) is 7.15. The van der Waals surface area contributed by atoms with E-state index in [4.69, 9.17) is 5.73 Å². The zero-order valence-electron chi connectivity index (χ0n) is 11.4. The minimum atomic E-state index is 0.470. The van der Waals surface area contributed by atoms with Crippen LogP contribution in [0.5, 0.6) is 0 Å². The van der Waals surface area contributed by atoms with Gasteiger partial charge in [0.25, 0.3) is 0 Å². The molecule has 3 aromatic heterocycles. The first-order valence-electron chi connectivity index (χ1n) is 6.34. The van der Waals surface area contributed by atoms with Gasteiger partial charge in [0.2, 0.25) is 5.16 Å². The number of rotatable bonds is 3. The Bertz CT molecular complexity index is 765. The summed E-state index contributed by atoms with van der Waals surface area (Å²) in [5.74, 6) is 0. The highest BCUT2D eigenvalue weighted by molar-refractivity contribution is 7.99. The van der Waals surface area contributed by atoms with Crippen molar-refractivity contribution in [1.82, 2.24) is 19.6 Å². The molecule has 0 fully saturated rings. The summed E-state index contributed by atoms with van der Waals surface area (Å²) in [7, 11) is 0. The van der Waals surface area contributed by atoms with E-state index < -0.39 is 0 Å². The fraction of sp³-hybridized carbons (Fsp3) is 0.214. The number of hydrogen-bond acceptors (Lipinski definition) is 5. The fourth-order valence-electron chi connectivity index (χ4n) is 2.14. The van der Waals surface area contributed by atoms with E-state index in [1.165, 1.54) is 11.8 Å². The van der Waals surface area contributed by atoms with E-state index in [-0.39, 0.29) is 0 Å². The number of nitrogens with two attached hydrogens (primary N) is 1. The quantitative estimate of drug-likeness (QED) is 0.800. The Balaban J connectivity index is 2.07. The zero-order chi connectivity index (χ0) is 14.1. The lowest BCUT2D eigenvalue weighted by Crippen LogP contribution is -2.04. The third kappa shape index (κ3) is 2.28. The van der Waals surface area contributed by atoms with Crippen LogP contribution in [0.25, 0.3) is 5.65 Å². The highest BCUT2D eigenvalue weighted by atomic mass is 32.2. The maximum absolute atomic E-state index is 5.85. The Morgan fingerprint density at radius 3 is 2.90 bits per heavy atom. The number of aryl methyl sites for hydroxylation is 2. The molecule has 20 heavy (non-hydrogen) atoms. The van der Waals surface area contributed by atoms with Crippen LogP contribution < -0.4 is 5.73 Å². The molecule has 3 heterocycles. The first kappa shape index (κ1) is 13.1. The first-order chi connectivity index (χ1) is 9.69. The van der Waals surface area contributed by atoms with Crippen LogP contribution in [-0.2, 0) is 6.54 Å². The third-order valence-corrected chi connectivity index (χ3v) is 4.10. The summed E-state index contributed by atoms with van der Waals surface area (Å²) in [5.41, 5.74) is 9.88. The van der Waals surface area contributed by atoms with Crippen molar-refractivity contribution in [2.45, 2.75) is 30.6 Å². The number of aromatic nitrogens is 4. The molecular weight excluding hydrogens is 270 g/mol. The summed E-state index contributed by atoms with van der Waals surface area (Å²) in [6.45, 7) is 4.51. The maximum atomic E-state index is 5.85. The normalized spacial score (nSPS) is 11.2. The van der Waals surface area contributed by atoms with Gasteiger partial charge in [-0.15, -0.1) is 10.2 Å². The van der Waals surface area contributed by atoms with Crippen molar-refractivity contribution >= 4 is 17.4 Å². The molecule has 0 aliphatic heterocycles. The molecule has 0 radical (unpaired) electrons. The maximum Gasteiger partial charge on any atom is 0.201 e. The van der Waals surface area contributed by atoms with Crippen LogP contribution in [-0.4, -0.2) is 19.6 Å². The molecule has 5 nitrogen and oxygen atoms in total. The average molecular weight is 285 g/mol. The number of fused-ring (bicyclic) bond motifs is 1. The molecule has 6 heteroatoms. The van der Waals surface area contributed by atoms with Gasteiger partial charge in [-0.25, -0.2) is 4.98 Å². The van der Waals surface area contributed by atoms with E-state index in [1.807, 2.05) is 41.8 Å². The summed E-state index contributed by atoms with van der Waals surface area (Å²) < 4.78 is 1.95. The largest absolute Gasteiger partial charge is 0.326 e. The summed E-state index contributed by atoms with van der Waals surface area (Å²) in [5, 5.41) is 10.1. The minimum absolute atomic E-state index is 0.470. The van der Waals surface area contributed by atoms with Gasteiger partial charge in [0.05, 0.1) is 0 Å². The van der Waals surface area contributed by atoms with Crippen molar-refractivity contribution in [3.63, 3.8) is 0 Å². The molecule has 2 N–H and O–H groups in total. The van der Waals surface area contributed by atoms with Gasteiger partial charge >= 0.3 is 0 Å². The van der Waals surface area contributed by atoms with E-state index in [0.717, 1.165) is 32.7 Å². The van der Waals surface area contributed by atoms with E-state index in [0.29, 0.717) is 6.54 Å². The van der Waals surface area contributed by atoms with Crippen LogP contribution in [0.15, 0.2) is 40.6 Å². The standard InChI is InChI=1S/C14H15N5S/c1-9-7-10(2)16-13(11(9)8-15)20-14-18-17-12-5-3-4-6-19(12)14/h3-7H,8,15H2,1-2H3. The topological polar surface area (TPSA) is 69.1 Å². The minimum Gasteiger partial charge on any atom is -0.326 e. The molecule has 3 rings (SSSR count). The number of pyridine rings is 2. The lowest BCUT2D eigenvalue weighted by atomic mass is 10.1. The fourth-order valence-corrected chi connectivity index (χ4v) is 3.20. The van der Waals surface area contributed by atoms with Gasteiger partial charge in [-0.2, -0.15) is 0 Å². The van der Waals surface area contributed by atoms with Gasteiger partial charge in [0.15, 0.2) is 5.65 Å². The van der Waals surface area contributed by atoms with Crippen molar-refractivity contribution in [2.75, 3.05) is 0 Å². The van der Waals surface area contributed by atoms with Crippen LogP contribution in [0.2, 0.25) is 0 Å². The molecule has 0 amide bonds. The Hall–Kier alpha value is -1.92. The molecule has 3 aromatic rings. The van der Waals surface area contributed by atoms with E-state index >= 15 is 0 Å². The lowest BCUT2D eigenvalue weighted by molar-refractivity contribution is 0.892. The molecule has 0 aliphatic rings. The van der Waals surface area contributed by atoms with Crippen molar-refractivity contribution < 1.29 is 0 Å². The zero-order valence-corrected chi connectivity index (χ0v) is 12.2. The highest BCUT2D eigenvalue weighted by Crippen LogP contribution is 2.29. The van der Waals surface area contributed by atoms with Crippen LogP contribution in [0.4, 0.5) is 0 Å². The van der Waals surface area contributed by atoms with Gasteiger partial charge in [-0.05, 0) is 49.4 Å². The number of hydrogen-bond donors (Lipinski definition) is 1. The average Bonchev–Trinajstić information content (AvgIpc) is 2.82. The molecule has 0 unspecified atom stereocenters. The molecule has 0 aromatic carbocycles. The van der Waals surface area contributed by atoms with Crippen LogP contribution in [0, 0.1) is 13.8 Å². The second-order valence-electron chi connectivity index (χ2n) is 4.58. The van der Waals surface area contributed by atoms with Crippen molar-refractivity contribution in [2.24, 2.45) is 5.73 Å². The monoisotopic (exact) mass is 285 g/mol. The van der Waals surface area contributed by atoms with E-state index in [1.54, 1.807) is 0 Å². The molecule has 0 atom stereocenters. The number of nitrogens with zero attached hydrogens (tertiary/aromatic N) is 4. The van der Waals surface area contributed by atoms with Gasteiger partial charge < -0.3 is 5.73 Å². The second kappa shape index (κ2) is 5.22. The Kier molecular flexibility index (Phi) is 3.42. The molecule has 0 aliphatic carbocycles. The van der Waals surface area contributed by atoms with Crippen LogP contribution in [0.3, 0.4) is 0 Å². The summed E-state index contributed by atoms with van der Waals surface area (Å²) >= 11 is 1.50. The SMILES string of the molecule is Cc1cc(C)c(CN)c(Sc2nnc3ccccn23)n1. The van der Waals surface area contributed by atoms with Gasteiger partial charge in [-0.3, -0.25) is 4.40 Å². The van der Waals surface area contributed by atoms with Gasteiger partial charge in [0.1, 0.15) is 5.03 Å². The second-order valence-corrected chi connectivity index (χ2v) is 5.54. The van der Waals surface area contributed by atoms with E-state index in [2.05, 4.69) is 22.1 Å². The molecule has 0 spiro atoms. The molecule has 102 valence electrons. The smallest absolute Gasteiger partial charge is 0.201 e. The van der Waals surface area contributed by atoms with Crippen LogP contribution in [0.1, 0.15) is 16.8 Å². The van der Waals surface area contributed by atoms with Gasteiger partial charge in [-0.1, -0.05) is 6.07 Å². The Labute approximate surface area is 121 Å². The van der Waals surface area contributed by atoms with Crippen molar-refractivity contribution in [1.29, 1.82) is 0 Å². The third-order valence-electron chi connectivity index (χ3n) is 3.11.